The molecule has 0 spiro atoms. The van der Waals surface area contributed by atoms with E-state index in [9.17, 15) is 10.2 Å². The Labute approximate surface area is 204 Å². The summed E-state index contributed by atoms with van der Waals surface area (Å²) in [5, 5.41) is 18.9. The van der Waals surface area contributed by atoms with Crippen LogP contribution >= 0.6 is 27.7 Å². The number of benzene rings is 4. The van der Waals surface area contributed by atoms with Gasteiger partial charge >= 0.3 is 0 Å². The fourth-order valence-corrected chi connectivity index (χ4v) is 4.91. The largest absolute Gasteiger partial charge is 0.392 e. The molecule has 0 amide bonds. The average molecular weight is 518 g/mol. The molecule has 7 heteroatoms. The number of hydrogen-bond donors (Lipinski definition) is 2. The monoisotopic (exact) mass is 517 g/mol. The van der Waals surface area contributed by atoms with Crippen molar-refractivity contribution in [3.05, 3.63) is 101 Å². The second kappa shape index (κ2) is 9.41. The van der Waals surface area contributed by atoms with Crippen molar-refractivity contribution in [3.63, 3.8) is 0 Å². The summed E-state index contributed by atoms with van der Waals surface area (Å²) in [5.74, 6) is 0. The number of halogens is 1. The summed E-state index contributed by atoms with van der Waals surface area (Å²) in [4.78, 5) is 2.15. The lowest BCUT2D eigenvalue weighted by Gasteiger charge is -2.26. The molecule has 0 saturated heterocycles. The number of anilines is 3. The second-order valence-electron chi connectivity index (χ2n) is 7.59. The Balaban J connectivity index is 1.57. The highest BCUT2D eigenvalue weighted by Gasteiger charge is 2.15. The van der Waals surface area contributed by atoms with Crippen LogP contribution in [0.2, 0.25) is 0 Å². The molecule has 0 aliphatic heterocycles. The molecule has 5 nitrogen and oxygen atoms in total. The summed E-state index contributed by atoms with van der Waals surface area (Å²) in [7, 11) is 0. The van der Waals surface area contributed by atoms with E-state index in [1.807, 2.05) is 54.6 Å². The van der Waals surface area contributed by atoms with Gasteiger partial charge in [0.05, 0.1) is 24.9 Å². The van der Waals surface area contributed by atoms with Crippen LogP contribution in [0.5, 0.6) is 0 Å². The fraction of sp³-hybridized carbons (Fsp3) is 0.0769. The van der Waals surface area contributed by atoms with Crippen molar-refractivity contribution in [2.24, 2.45) is 0 Å². The van der Waals surface area contributed by atoms with Gasteiger partial charge in [0.15, 0.2) is 0 Å². The number of rotatable bonds is 6. The Morgan fingerprint density at radius 3 is 1.64 bits per heavy atom. The maximum atomic E-state index is 9.43. The minimum atomic E-state index is 0.00725. The van der Waals surface area contributed by atoms with E-state index < -0.39 is 0 Å². The molecule has 5 rings (SSSR count). The quantitative estimate of drug-likeness (QED) is 0.266. The molecule has 33 heavy (non-hydrogen) atoms. The summed E-state index contributed by atoms with van der Waals surface area (Å²) in [6.45, 7) is 0.0145. The van der Waals surface area contributed by atoms with Gasteiger partial charge < -0.3 is 15.1 Å². The van der Waals surface area contributed by atoms with E-state index in [1.54, 1.807) is 0 Å². The Morgan fingerprint density at radius 1 is 0.636 bits per heavy atom. The number of hydrogen-bond acceptors (Lipinski definition) is 6. The molecular weight excluding hydrogens is 498 g/mol. The maximum absolute atomic E-state index is 9.43. The summed E-state index contributed by atoms with van der Waals surface area (Å²) < 4.78 is 9.83. The van der Waals surface area contributed by atoms with Crippen molar-refractivity contribution in [2.45, 2.75) is 13.2 Å². The molecule has 0 atom stereocenters. The molecule has 1 aromatic heterocycles. The van der Waals surface area contributed by atoms with E-state index in [2.05, 4.69) is 59.9 Å². The van der Waals surface area contributed by atoms with Crippen LogP contribution in [0.15, 0.2) is 89.4 Å². The van der Waals surface area contributed by atoms with E-state index in [0.29, 0.717) is 0 Å². The van der Waals surface area contributed by atoms with Crippen molar-refractivity contribution in [3.8, 4) is 11.1 Å². The molecule has 0 unspecified atom stereocenters. The Morgan fingerprint density at radius 2 is 1.12 bits per heavy atom. The number of aliphatic hydroxyl groups is 2. The third kappa shape index (κ3) is 4.28. The second-order valence-corrected chi connectivity index (χ2v) is 8.97. The first-order chi connectivity index (χ1) is 16.2. The molecule has 164 valence electrons. The molecule has 0 saturated carbocycles. The first kappa shape index (κ1) is 21.7. The molecular formula is C26H20BrN3O2S. The Hall–Kier alpha value is -3.10. The van der Waals surface area contributed by atoms with Gasteiger partial charge in [-0.05, 0) is 75.1 Å². The number of aliphatic hydroxyl groups excluding tert-OH is 2. The number of nitrogens with zero attached hydrogens (tertiary/aromatic N) is 3. The average Bonchev–Trinajstić information content (AvgIpc) is 3.37. The molecule has 4 aromatic carbocycles. The van der Waals surface area contributed by atoms with Crippen LogP contribution in [-0.4, -0.2) is 19.0 Å². The lowest BCUT2D eigenvalue weighted by Crippen LogP contribution is -2.10. The molecule has 0 radical (unpaired) electrons. The Kier molecular flexibility index (Phi) is 6.20. The molecule has 0 aliphatic carbocycles. The van der Waals surface area contributed by atoms with E-state index in [-0.39, 0.29) is 13.2 Å². The van der Waals surface area contributed by atoms with Gasteiger partial charge in [0.1, 0.15) is 11.0 Å². The zero-order valence-corrected chi connectivity index (χ0v) is 19.9. The van der Waals surface area contributed by atoms with Crippen LogP contribution in [0.3, 0.4) is 0 Å². The van der Waals surface area contributed by atoms with Gasteiger partial charge in [0.25, 0.3) is 0 Å². The van der Waals surface area contributed by atoms with Gasteiger partial charge in [0, 0.05) is 27.1 Å². The highest BCUT2D eigenvalue weighted by Crippen LogP contribution is 2.37. The topological polar surface area (TPSA) is 69.5 Å². The third-order valence-corrected chi connectivity index (χ3v) is 6.73. The lowest BCUT2D eigenvalue weighted by molar-refractivity contribution is 0.281. The number of aromatic nitrogens is 2. The lowest BCUT2D eigenvalue weighted by atomic mass is 10.0. The molecule has 1 heterocycles. The van der Waals surface area contributed by atoms with Crippen molar-refractivity contribution < 1.29 is 10.2 Å². The third-order valence-electron chi connectivity index (χ3n) is 5.56. The van der Waals surface area contributed by atoms with E-state index in [0.717, 1.165) is 54.8 Å². The van der Waals surface area contributed by atoms with Gasteiger partial charge in [-0.3, -0.25) is 0 Å². The van der Waals surface area contributed by atoms with Crippen molar-refractivity contribution in [1.29, 1.82) is 0 Å². The fourth-order valence-electron chi connectivity index (χ4n) is 3.81. The van der Waals surface area contributed by atoms with Crippen LogP contribution in [0.25, 0.3) is 22.2 Å². The first-order valence-electron chi connectivity index (χ1n) is 10.4. The van der Waals surface area contributed by atoms with Gasteiger partial charge in [-0.15, -0.1) is 0 Å². The molecule has 5 aromatic rings. The van der Waals surface area contributed by atoms with Crippen LogP contribution in [0.4, 0.5) is 17.1 Å². The predicted molar refractivity (Wildman–Crippen MR) is 137 cm³/mol. The van der Waals surface area contributed by atoms with Crippen LogP contribution in [-0.2, 0) is 13.2 Å². The van der Waals surface area contributed by atoms with Gasteiger partial charge in [-0.25, -0.2) is 0 Å². The summed E-state index contributed by atoms with van der Waals surface area (Å²) in [6.07, 6.45) is 0. The summed E-state index contributed by atoms with van der Waals surface area (Å²) in [6, 6.07) is 28.1. The van der Waals surface area contributed by atoms with Gasteiger partial charge in [-0.2, -0.15) is 8.75 Å². The van der Waals surface area contributed by atoms with Crippen molar-refractivity contribution >= 4 is 55.8 Å². The molecule has 2 N–H and O–H groups in total. The smallest absolute Gasteiger partial charge is 0.119 e. The minimum absolute atomic E-state index is 0.00725. The zero-order valence-electron chi connectivity index (χ0n) is 17.5. The van der Waals surface area contributed by atoms with Crippen LogP contribution < -0.4 is 4.90 Å². The molecule has 0 bridgehead atoms. The normalized spacial score (nSPS) is 11.1. The zero-order chi connectivity index (χ0) is 22.8. The molecule has 0 aliphatic rings. The van der Waals surface area contributed by atoms with Crippen molar-refractivity contribution in [2.75, 3.05) is 4.90 Å². The standard InChI is InChI=1S/C26H20BrN3O2S/c27-24-14-13-23(25-26(24)29-33-28-25)19-5-11-22(12-6-19)30(20-7-1-17(15-31)2-8-20)21-9-3-18(16-32)4-10-21/h1-14,31-32H,15-16H2. The first-order valence-corrected chi connectivity index (χ1v) is 11.9. The maximum Gasteiger partial charge on any atom is 0.119 e. The van der Waals surface area contributed by atoms with Crippen LogP contribution in [0, 0.1) is 0 Å². The predicted octanol–water partition coefficient (Wildman–Crippen LogP) is 6.58. The van der Waals surface area contributed by atoms with E-state index in [1.165, 1.54) is 11.7 Å². The summed E-state index contributed by atoms with van der Waals surface area (Å²) in [5.41, 5.74) is 8.54. The summed E-state index contributed by atoms with van der Waals surface area (Å²) >= 11 is 4.76. The minimum Gasteiger partial charge on any atom is -0.392 e. The highest BCUT2D eigenvalue weighted by atomic mass is 79.9. The highest BCUT2D eigenvalue weighted by molar-refractivity contribution is 9.10. The van der Waals surface area contributed by atoms with E-state index in [4.69, 9.17) is 0 Å². The van der Waals surface area contributed by atoms with Crippen LogP contribution in [0.1, 0.15) is 11.1 Å². The number of fused-ring (bicyclic) bond motifs is 1. The Bertz CT molecular complexity index is 1340. The van der Waals surface area contributed by atoms with E-state index >= 15 is 0 Å². The SMILES string of the molecule is OCc1ccc(N(c2ccc(CO)cc2)c2ccc(-c3ccc(Br)c4nsnc34)cc2)cc1. The van der Waals surface area contributed by atoms with Gasteiger partial charge in [-0.1, -0.05) is 42.5 Å². The molecule has 0 fully saturated rings. The van der Waals surface area contributed by atoms with Gasteiger partial charge in [0.2, 0.25) is 0 Å². The van der Waals surface area contributed by atoms with Crippen molar-refractivity contribution in [1.82, 2.24) is 8.75 Å².